The zero-order chi connectivity index (χ0) is 15.9. The van der Waals surface area contributed by atoms with Gasteiger partial charge in [0.15, 0.2) is 0 Å². The highest BCUT2D eigenvalue weighted by Crippen LogP contribution is 2.21. The first kappa shape index (κ1) is 21.8. The topological polar surface area (TPSA) is 54.0 Å². The van der Waals surface area contributed by atoms with Crippen molar-refractivity contribution in [3.63, 3.8) is 0 Å². The number of hydrogen-bond donors (Lipinski definition) is 2. The molecule has 7 heteroatoms. The Morgan fingerprint density at radius 1 is 1.24 bits per heavy atom. The van der Waals surface area contributed by atoms with Crippen LogP contribution in [0.25, 0.3) is 0 Å². The largest absolute Gasteiger partial charge is 0.353 e. The molecule has 2 N–H and O–H groups in total. The predicted octanol–water partition coefficient (Wildman–Crippen LogP) is 3.16. The molecule has 0 spiro atoms. The number of aromatic nitrogens is 1. The lowest BCUT2D eigenvalue weighted by molar-refractivity contribution is -0.118. The highest BCUT2D eigenvalue weighted by Gasteiger charge is 2.19. The van der Waals surface area contributed by atoms with E-state index in [0.29, 0.717) is 12.3 Å². The third-order valence-corrected chi connectivity index (χ3v) is 4.95. The van der Waals surface area contributed by atoms with Crippen LogP contribution in [0.1, 0.15) is 22.7 Å². The number of fused-ring (bicyclic) bond motifs is 1. The van der Waals surface area contributed by atoms with Crippen LogP contribution in [-0.4, -0.2) is 29.7 Å². The van der Waals surface area contributed by atoms with Crippen LogP contribution in [0.3, 0.4) is 0 Å². The van der Waals surface area contributed by atoms with Crippen molar-refractivity contribution in [2.45, 2.75) is 18.2 Å². The number of nitrogens with one attached hydrogen (secondary N) is 2. The van der Waals surface area contributed by atoms with Gasteiger partial charge in [0.2, 0.25) is 5.91 Å². The Morgan fingerprint density at radius 3 is 2.88 bits per heavy atom. The summed E-state index contributed by atoms with van der Waals surface area (Å²) in [6.45, 7) is 1.61. The van der Waals surface area contributed by atoms with Gasteiger partial charge in [0.1, 0.15) is 0 Å². The molecule has 4 nitrogen and oxygen atoms in total. The normalized spacial score (nSPS) is 15.3. The Labute approximate surface area is 165 Å². The van der Waals surface area contributed by atoms with Gasteiger partial charge in [0, 0.05) is 30.7 Å². The number of nitrogens with zero attached hydrogens (tertiary/aromatic N) is 1. The molecule has 136 valence electrons. The Balaban J connectivity index is 0.00000156. The maximum atomic E-state index is 12.0. The molecular weight excluding hydrogens is 377 g/mol. The van der Waals surface area contributed by atoms with Crippen LogP contribution in [-0.2, 0) is 17.0 Å². The van der Waals surface area contributed by atoms with Gasteiger partial charge >= 0.3 is 0 Å². The van der Waals surface area contributed by atoms with Crippen molar-refractivity contribution in [2.24, 2.45) is 0 Å². The Bertz CT molecular complexity index is 658. The number of carbonyl (C=O) groups is 1. The third-order valence-electron chi connectivity index (χ3n) is 3.94. The van der Waals surface area contributed by atoms with E-state index in [4.69, 9.17) is 0 Å². The fourth-order valence-corrected chi connectivity index (χ4v) is 3.58. The molecule has 25 heavy (non-hydrogen) atoms. The maximum Gasteiger partial charge on any atom is 0.230 e. The minimum absolute atomic E-state index is 0. The first-order valence-electron chi connectivity index (χ1n) is 7.87. The van der Waals surface area contributed by atoms with Crippen LogP contribution in [0.2, 0.25) is 0 Å². The molecule has 1 amide bonds. The van der Waals surface area contributed by atoms with Gasteiger partial charge in [0.25, 0.3) is 0 Å². The number of rotatable bonds is 6. The molecule has 1 aliphatic heterocycles. The van der Waals surface area contributed by atoms with Gasteiger partial charge in [0.05, 0.1) is 5.75 Å². The molecule has 0 radical (unpaired) electrons. The lowest BCUT2D eigenvalue weighted by Gasteiger charge is -2.27. The number of carbonyl (C=O) groups excluding carboxylic acids is 1. The lowest BCUT2D eigenvalue weighted by Crippen LogP contribution is -2.39. The zero-order valence-electron chi connectivity index (χ0n) is 13.8. The summed E-state index contributed by atoms with van der Waals surface area (Å²) < 4.78 is 0. The second-order valence-electron chi connectivity index (χ2n) is 5.61. The van der Waals surface area contributed by atoms with Crippen LogP contribution >= 0.6 is 36.6 Å². The van der Waals surface area contributed by atoms with E-state index in [1.54, 1.807) is 18.0 Å². The van der Waals surface area contributed by atoms with Gasteiger partial charge in [-0.1, -0.05) is 30.3 Å². The number of halogens is 2. The molecule has 0 aliphatic carbocycles. The van der Waals surface area contributed by atoms with Crippen LogP contribution in [0.4, 0.5) is 0 Å². The predicted molar refractivity (Wildman–Crippen MR) is 109 cm³/mol. The summed E-state index contributed by atoms with van der Waals surface area (Å²) in [5, 5.41) is 6.52. The number of thioether (sulfide) groups is 1. The Morgan fingerprint density at radius 2 is 2.08 bits per heavy atom. The van der Waals surface area contributed by atoms with E-state index in [1.165, 1.54) is 11.1 Å². The van der Waals surface area contributed by atoms with Crippen molar-refractivity contribution in [1.82, 2.24) is 15.6 Å². The summed E-state index contributed by atoms with van der Waals surface area (Å²) in [4.78, 5) is 16.1. The SMILES string of the molecule is Cl.Cl.O=C(CSCc1cccnc1)NCC1NCCc2ccccc21. The number of benzene rings is 1. The van der Waals surface area contributed by atoms with E-state index in [9.17, 15) is 4.79 Å². The monoisotopic (exact) mass is 399 g/mol. The molecule has 0 bridgehead atoms. The highest BCUT2D eigenvalue weighted by molar-refractivity contribution is 7.99. The van der Waals surface area contributed by atoms with Crippen molar-refractivity contribution in [2.75, 3.05) is 18.8 Å². The Kier molecular flexibility index (Phi) is 9.90. The molecular formula is C18H23Cl2N3OS. The number of hydrogen-bond acceptors (Lipinski definition) is 4. The summed E-state index contributed by atoms with van der Waals surface area (Å²) in [6.07, 6.45) is 4.66. The molecule has 1 unspecified atom stereocenters. The van der Waals surface area contributed by atoms with Crippen LogP contribution in [0.5, 0.6) is 0 Å². The van der Waals surface area contributed by atoms with Gasteiger partial charge in [-0.05, 0) is 35.7 Å². The molecule has 0 saturated carbocycles. The van der Waals surface area contributed by atoms with Crippen LogP contribution in [0.15, 0.2) is 48.8 Å². The maximum absolute atomic E-state index is 12.0. The van der Waals surface area contributed by atoms with E-state index >= 15 is 0 Å². The standard InChI is InChI=1S/C18H21N3OS.2ClH/c22-18(13-23-12-14-4-3-8-19-10-14)21-11-17-16-6-2-1-5-15(16)7-9-20-17;;/h1-6,8,10,17,20H,7,9,11-13H2,(H,21,22);2*1H. The number of pyridine rings is 1. The van der Waals surface area contributed by atoms with Gasteiger partial charge < -0.3 is 10.6 Å². The van der Waals surface area contributed by atoms with E-state index in [1.807, 2.05) is 18.3 Å². The van der Waals surface area contributed by atoms with E-state index in [2.05, 4.69) is 39.9 Å². The van der Waals surface area contributed by atoms with Gasteiger partial charge in [-0.15, -0.1) is 36.6 Å². The average molecular weight is 400 g/mol. The van der Waals surface area contributed by atoms with E-state index in [-0.39, 0.29) is 36.8 Å². The summed E-state index contributed by atoms with van der Waals surface area (Å²) in [7, 11) is 0. The first-order valence-corrected chi connectivity index (χ1v) is 9.03. The summed E-state index contributed by atoms with van der Waals surface area (Å²) in [5.74, 6) is 1.37. The van der Waals surface area contributed by atoms with E-state index in [0.717, 1.165) is 24.3 Å². The fraction of sp³-hybridized carbons (Fsp3) is 0.333. The van der Waals surface area contributed by atoms with Gasteiger partial charge in [-0.2, -0.15) is 0 Å². The molecule has 2 heterocycles. The van der Waals surface area contributed by atoms with Crippen molar-refractivity contribution in [3.05, 3.63) is 65.5 Å². The second-order valence-corrected chi connectivity index (χ2v) is 6.60. The molecule has 1 aromatic heterocycles. The van der Waals surface area contributed by atoms with Crippen molar-refractivity contribution in [3.8, 4) is 0 Å². The van der Waals surface area contributed by atoms with Crippen LogP contribution < -0.4 is 10.6 Å². The molecule has 0 saturated heterocycles. The molecule has 1 aliphatic rings. The fourth-order valence-electron chi connectivity index (χ4n) is 2.79. The summed E-state index contributed by atoms with van der Waals surface area (Å²) in [5.41, 5.74) is 3.84. The lowest BCUT2D eigenvalue weighted by atomic mass is 9.94. The molecule has 1 atom stereocenters. The zero-order valence-corrected chi connectivity index (χ0v) is 16.3. The second kappa shape index (κ2) is 11.4. The third kappa shape index (κ3) is 6.51. The minimum atomic E-state index is 0. The summed E-state index contributed by atoms with van der Waals surface area (Å²) >= 11 is 1.61. The van der Waals surface area contributed by atoms with Gasteiger partial charge in [-0.25, -0.2) is 0 Å². The van der Waals surface area contributed by atoms with Crippen molar-refractivity contribution < 1.29 is 4.79 Å². The van der Waals surface area contributed by atoms with Crippen molar-refractivity contribution >= 4 is 42.5 Å². The molecule has 1 aromatic carbocycles. The minimum Gasteiger partial charge on any atom is -0.353 e. The Hall–Kier alpha value is -1.27. The first-order chi connectivity index (χ1) is 11.3. The van der Waals surface area contributed by atoms with Crippen LogP contribution in [0, 0.1) is 0 Å². The van der Waals surface area contributed by atoms with Crippen molar-refractivity contribution in [1.29, 1.82) is 0 Å². The number of amides is 1. The van der Waals surface area contributed by atoms with Gasteiger partial charge in [-0.3, -0.25) is 9.78 Å². The quantitative estimate of drug-likeness (QED) is 0.782. The molecule has 0 fully saturated rings. The smallest absolute Gasteiger partial charge is 0.230 e. The molecule has 3 rings (SSSR count). The molecule has 2 aromatic rings. The highest BCUT2D eigenvalue weighted by atomic mass is 35.5. The van der Waals surface area contributed by atoms with E-state index < -0.39 is 0 Å². The summed E-state index contributed by atoms with van der Waals surface area (Å²) in [6, 6.07) is 12.6. The average Bonchev–Trinajstić information content (AvgIpc) is 2.61.